The fourth-order valence-electron chi connectivity index (χ4n) is 0.971. The van der Waals surface area contributed by atoms with Gasteiger partial charge in [0.15, 0.2) is 6.29 Å². The second-order valence-corrected chi connectivity index (χ2v) is 2.61. The average Bonchev–Trinajstić information content (AvgIpc) is 1.63. The Balaban J connectivity index is 0. The van der Waals surface area contributed by atoms with Gasteiger partial charge in [0, 0.05) is 6.42 Å². The summed E-state index contributed by atoms with van der Waals surface area (Å²) in [7, 11) is 0. The summed E-state index contributed by atoms with van der Waals surface area (Å²) in [5.74, 6) is 0.440. The topological polar surface area (TPSA) is 40.5 Å². The summed E-state index contributed by atoms with van der Waals surface area (Å²) in [5, 5.41) is 17.0. The molecule has 0 radical (unpaired) electrons. The second-order valence-electron chi connectivity index (χ2n) is 2.61. The molecule has 64 valence electrons. The minimum atomic E-state index is -1.12. The molecule has 1 atom stereocenters. The first-order valence-corrected chi connectivity index (χ1v) is 3.53. The van der Waals surface area contributed by atoms with Crippen LogP contribution in [0.2, 0.25) is 0 Å². The molecule has 0 aromatic rings. The molecule has 3 heteroatoms. The number of aliphatic hydroxyl groups is 2. The van der Waals surface area contributed by atoms with Gasteiger partial charge < -0.3 is 10.2 Å². The van der Waals surface area contributed by atoms with Crippen molar-refractivity contribution in [1.82, 2.24) is 0 Å². The molecule has 0 saturated heterocycles. The first-order valence-electron chi connectivity index (χ1n) is 3.53. The lowest BCUT2D eigenvalue weighted by Crippen LogP contribution is -2.09. The van der Waals surface area contributed by atoms with Crippen LogP contribution in [0.1, 0.15) is 33.1 Å². The standard InChI is InChI=1S/C7H16O2.ClH/c1-3-4-6(2)5-7(8)9;/h6-9H,3-5H2,1-2H3;1H. The van der Waals surface area contributed by atoms with E-state index in [9.17, 15) is 0 Å². The van der Waals surface area contributed by atoms with Gasteiger partial charge in [-0.15, -0.1) is 12.4 Å². The van der Waals surface area contributed by atoms with Crippen LogP contribution in [0, 0.1) is 5.92 Å². The molecular weight excluding hydrogens is 152 g/mol. The van der Waals surface area contributed by atoms with Gasteiger partial charge in [0.05, 0.1) is 0 Å². The van der Waals surface area contributed by atoms with E-state index in [0.29, 0.717) is 12.3 Å². The summed E-state index contributed by atoms with van der Waals surface area (Å²) in [4.78, 5) is 0. The molecule has 1 unspecified atom stereocenters. The summed E-state index contributed by atoms with van der Waals surface area (Å²) in [6.45, 7) is 4.13. The third kappa shape index (κ3) is 8.21. The third-order valence-corrected chi connectivity index (χ3v) is 1.39. The van der Waals surface area contributed by atoms with Gasteiger partial charge in [-0.25, -0.2) is 0 Å². The van der Waals surface area contributed by atoms with Gasteiger partial charge in [0.2, 0.25) is 0 Å². The lowest BCUT2D eigenvalue weighted by atomic mass is 10.0. The zero-order valence-corrected chi connectivity index (χ0v) is 7.40. The molecule has 0 aliphatic heterocycles. The maximum Gasteiger partial charge on any atom is 0.151 e. The quantitative estimate of drug-likeness (QED) is 0.626. The van der Waals surface area contributed by atoms with Crippen molar-refractivity contribution in [3.05, 3.63) is 0 Å². The Morgan fingerprint density at radius 3 is 2.10 bits per heavy atom. The van der Waals surface area contributed by atoms with Crippen LogP contribution in [-0.2, 0) is 0 Å². The van der Waals surface area contributed by atoms with Crippen LogP contribution in [0.15, 0.2) is 0 Å². The average molecular weight is 169 g/mol. The van der Waals surface area contributed by atoms with Gasteiger partial charge in [0.25, 0.3) is 0 Å². The minimum absolute atomic E-state index is 0. The fourth-order valence-corrected chi connectivity index (χ4v) is 0.971. The van der Waals surface area contributed by atoms with Crippen LogP contribution < -0.4 is 0 Å². The normalized spacial score (nSPS) is 12.9. The Bertz CT molecular complexity index is 66.6. The Morgan fingerprint density at radius 1 is 1.30 bits per heavy atom. The zero-order valence-electron chi connectivity index (χ0n) is 6.58. The van der Waals surface area contributed by atoms with Crippen LogP contribution in [0.3, 0.4) is 0 Å². The van der Waals surface area contributed by atoms with Crippen molar-refractivity contribution in [1.29, 1.82) is 0 Å². The van der Waals surface area contributed by atoms with Crippen LogP contribution in [0.25, 0.3) is 0 Å². The molecule has 0 aliphatic carbocycles. The zero-order chi connectivity index (χ0) is 7.28. The second kappa shape index (κ2) is 7.32. The first-order chi connectivity index (χ1) is 4.16. The van der Waals surface area contributed by atoms with E-state index in [1.807, 2.05) is 6.92 Å². The molecule has 0 heterocycles. The van der Waals surface area contributed by atoms with Crippen molar-refractivity contribution >= 4 is 12.4 Å². The van der Waals surface area contributed by atoms with Crippen molar-refractivity contribution in [2.24, 2.45) is 5.92 Å². The van der Waals surface area contributed by atoms with Gasteiger partial charge >= 0.3 is 0 Å². The van der Waals surface area contributed by atoms with E-state index in [-0.39, 0.29) is 12.4 Å². The maximum atomic E-state index is 8.50. The summed E-state index contributed by atoms with van der Waals surface area (Å²) in [5.41, 5.74) is 0. The summed E-state index contributed by atoms with van der Waals surface area (Å²) in [6, 6.07) is 0. The summed E-state index contributed by atoms with van der Waals surface area (Å²) >= 11 is 0. The van der Waals surface area contributed by atoms with Crippen LogP contribution in [0.5, 0.6) is 0 Å². The monoisotopic (exact) mass is 168 g/mol. The van der Waals surface area contributed by atoms with E-state index >= 15 is 0 Å². The van der Waals surface area contributed by atoms with Gasteiger partial charge in [-0.1, -0.05) is 26.7 Å². The van der Waals surface area contributed by atoms with Crippen molar-refractivity contribution in [3.8, 4) is 0 Å². The van der Waals surface area contributed by atoms with Crippen molar-refractivity contribution in [3.63, 3.8) is 0 Å². The largest absolute Gasteiger partial charge is 0.368 e. The number of rotatable bonds is 4. The fraction of sp³-hybridized carbons (Fsp3) is 1.00. The molecule has 0 aromatic heterocycles. The molecule has 0 fully saturated rings. The Labute approximate surface area is 68.7 Å². The molecule has 0 saturated carbocycles. The van der Waals surface area contributed by atoms with Crippen LogP contribution in [-0.4, -0.2) is 16.5 Å². The maximum absolute atomic E-state index is 8.50. The van der Waals surface area contributed by atoms with E-state index in [0.717, 1.165) is 12.8 Å². The SMILES string of the molecule is CCCC(C)CC(O)O.Cl. The van der Waals surface area contributed by atoms with Gasteiger partial charge in [0.1, 0.15) is 0 Å². The predicted molar refractivity (Wildman–Crippen MR) is 44.2 cm³/mol. The summed E-state index contributed by atoms with van der Waals surface area (Å²) in [6.07, 6.45) is 1.59. The molecule has 0 aromatic carbocycles. The van der Waals surface area contributed by atoms with E-state index in [4.69, 9.17) is 10.2 Å². The predicted octanol–water partition coefficient (Wildman–Crippen LogP) is 1.55. The van der Waals surface area contributed by atoms with E-state index in [1.165, 1.54) is 0 Å². The minimum Gasteiger partial charge on any atom is -0.368 e. The molecule has 0 amide bonds. The first kappa shape index (κ1) is 12.8. The van der Waals surface area contributed by atoms with E-state index < -0.39 is 6.29 Å². The Morgan fingerprint density at radius 2 is 1.80 bits per heavy atom. The molecule has 0 spiro atoms. The highest BCUT2D eigenvalue weighted by molar-refractivity contribution is 5.85. The molecule has 2 N–H and O–H groups in total. The number of halogens is 1. The van der Waals surface area contributed by atoms with Crippen molar-refractivity contribution in [2.75, 3.05) is 0 Å². The van der Waals surface area contributed by atoms with Gasteiger partial charge in [-0.2, -0.15) is 0 Å². The number of hydrogen-bond donors (Lipinski definition) is 2. The lowest BCUT2D eigenvalue weighted by Gasteiger charge is -2.09. The Hall–Kier alpha value is 0.210. The molecule has 10 heavy (non-hydrogen) atoms. The molecule has 0 bridgehead atoms. The summed E-state index contributed by atoms with van der Waals surface area (Å²) < 4.78 is 0. The molecule has 0 aliphatic rings. The molecule has 2 nitrogen and oxygen atoms in total. The Kier molecular flexibility index (Phi) is 9.40. The van der Waals surface area contributed by atoms with Crippen molar-refractivity contribution < 1.29 is 10.2 Å². The number of hydrogen-bond acceptors (Lipinski definition) is 2. The third-order valence-electron chi connectivity index (χ3n) is 1.39. The van der Waals surface area contributed by atoms with Gasteiger partial charge in [-0.05, 0) is 5.92 Å². The van der Waals surface area contributed by atoms with E-state index in [2.05, 4.69) is 6.92 Å². The smallest absolute Gasteiger partial charge is 0.151 e. The number of aliphatic hydroxyl groups excluding tert-OH is 1. The molecular formula is C7H17ClO2. The highest BCUT2D eigenvalue weighted by Crippen LogP contribution is 2.10. The highest BCUT2D eigenvalue weighted by Gasteiger charge is 2.04. The van der Waals surface area contributed by atoms with Crippen molar-refractivity contribution in [2.45, 2.75) is 39.4 Å². The van der Waals surface area contributed by atoms with Crippen LogP contribution >= 0.6 is 12.4 Å². The molecule has 0 rings (SSSR count). The lowest BCUT2D eigenvalue weighted by molar-refractivity contribution is -0.0550. The van der Waals surface area contributed by atoms with E-state index in [1.54, 1.807) is 0 Å². The van der Waals surface area contributed by atoms with Gasteiger partial charge in [-0.3, -0.25) is 0 Å². The highest BCUT2D eigenvalue weighted by atomic mass is 35.5. The van der Waals surface area contributed by atoms with Crippen LogP contribution in [0.4, 0.5) is 0 Å².